The largest absolute Gasteiger partial charge is 0.506 e. The van der Waals surface area contributed by atoms with Crippen LogP contribution in [0.2, 0.25) is 0 Å². The summed E-state index contributed by atoms with van der Waals surface area (Å²) in [6.07, 6.45) is 3.96. The molecule has 0 aliphatic carbocycles. The number of nitrogens with zero attached hydrogens (tertiary/aromatic N) is 2. The minimum atomic E-state index is -0.915. The minimum Gasteiger partial charge on any atom is -0.506 e. The monoisotopic (exact) mass is 451 g/mol. The van der Waals surface area contributed by atoms with E-state index in [-0.39, 0.29) is 30.1 Å². The number of thioether (sulfide) groups is 2. The van der Waals surface area contributed by atoms with Crippen molar-refractivity contribution in [2.45, 2.75) is 59.3 Å². The number of nitriles is 1. The van der Waals surface area contributed by atoms with E-state index in [0.717, 1.165) is 0 Å². The molecule has 162 valence electrons. The van der Waals surface area contributed by atoms with Gasteiger partial charge in [-0.2, -0.15) is 5.26 Å². The third kappa shape index (κ3) is 2.76. The predicted octanol–water partition coefficient (Wildman–Crippen LogP) is 1.70. The summed E-state index contributed by atoms with van der Waals surface area (Å²) in [5.41, 5.74) is 0.970. The van der Waals surface area contributed by atoms with E-state index >= 15 is 0 Å². The van der Waals surface area contributed by atoms with E-state index in [1.54, 1.807) is 0 Å². The van der Waals surface area contributed by atoms with Gasteiger partial charge < -0.3 is 25.7 Å². The summed E-state index contributed by atoms with van der Waals surface area (Å²) in [4.78, 5) is 14.9. The normalized spacial score (nSPS) is 34.8. The molecule has 0 radical (unpaired) electrons. The van der Waals surface area contributed by atoms with Crippen molar-refractivity contribution in [3.05, 3.63) is 11.1 Å². The van der Waals surface area contributed by atoms with Gasteiger partial charge in [0.2, 0.25) is 0 Å². The first-order chi connectivity index (χ1) is 14.3. The lowest BCUT2D eigenvalue weighted by Gasteiger charge is -2.54. The lowest BCUT2D eigenvalue weighted by molar-refractivity contribution is -0.142. The van der Waals surface area contributed by atoms with Crippen LogP contribution in [-0.2, 0) is 4.79 Å². The molecule has 5 N–H and O–H groups in total. The molecule has 2 fully saturated rings. The topological polar surface area (TPSA) is 137 Å². The first-order valence-corrected chi connectivity index (χ1v) is 12.2. The Bertz CT molecular complexity index is 936. The lowest BCUT2D eigenvalue weighted by Crippen LogP contribution is -2.67. The third-order valence-electron chi connectivity index (χ3n) is 6.89. The van der Waals surface area contributed by atoms with Gasteiger partial charge in [0.05, 0.1) is 34.4 Å². The highest BCUT2D eigenvalue weighted by atomic mass is 32.2. The molecule has 7 atom stereocenters. The number of carboxylic acid groups (broad SMARTS) is 1. The number of hydrogen-bond acceptors (Lipinski definition) is 9. The van der Waals surface area contributed by atoms with E-state index in [4.69, 9.17) is 0 Å². The van der Waals surface area contributed by atoms with Crippen molar-refractivity contribution in [2.24, 2.45) is 5.92 Å². The van der Waals surface area contributed by atoms with Gasteiger partial charge in [-0.25, -0.2) is 0 Å². The Labute approximate surface area is 183 Å². The van der Waals surface area contributed by atoms with E-state index in [0.29, 0.717) is 27.3 Å². The SMILES string of the molecule is CSc1c(O)c2c(c(O)c1SC)[C@H](CO)N1C(C#N)[C@@H]3C[C@@H](C(=O)O)[C@@H](N3)[C@@H]1C2C. The van der Waals surface area contributed by atoms with E-state index in [2.05, 4.69) is 11.4 Å². The maximum atomic E-state index is 11.9. The van der Waals surface area contributed by atoms with Gasteiger partial charge in [0, 0.05) is 35.2 Å². The summed E-state index contributed by atoms with van der Waals surface area (Å²) in [7, 11) is 0. The summed E-state index contributed by atoms with van der Waals surface area (Å²) in [5, 5.41) is 55.7. The number of phenols is 2. The number of piperazine rings is 1. The molecule has 0 amide bonds. The average molecular weight is 452 g/mol. The van der Waals surface area contributed by atoms with Gasteiger partial charge >= 0.3 is 5.97 Å². The maximum absolute atomic E-state index is 11.9. The zero-order chi connectivity index (χ0) is 21.9. The summed E-state index contributed by atoms with van der Waals surface area (Å²) >= 11 is 2.65. The van der Waals surface area contributed by atoms with Gasteiger partial charge in [0.25, 0.3) is 0 Å². The quantitative estimate of drug-likeness (QED) is 0.340. The Hall–Kier alpha value is -1.64. The van der Waals surface area contributed by atoms with Crippen molar-refractivity contribution in [3.63, 3.8) is 0 Å². The van der Waals surface area contributed by atoms with Crippen LogP contribution in [0.15, 0.2) is 9.79 Å². The van der Waals surface area contributed by atoms with Crippen molar-refractivity contribution < 1.29 is 25.2 Å². The molecule has 2 saturated heterocycles. The van der Waals surface area contributed by atoms with E-state index in [9.17, 15) is 30.5 Å². The van der Waals surface area contributed by atoms with Crippen LogP contribution in [0.4, 0.5) is 0 Å². The fourth-order valence-corrected chi connectivity index (χ4v) is 7.44. The van der Waals surface area contributed by atoms with Crippen LogP contribution in [0.3, 0.4) is 0 Å². The summed E-state index contributed by atoms with van der Waals surface area (Å²) in [6.45, 7) is 1.53. The van der Waals surface area contributed by atoms with Crippen LogP contribution in [0, 0.1) is 17.2 Å². The Balaban J connectivity index is 1.98. The molecule has 3 heterocycles. The van der Waals surface area contributed by atoms with Crippen LogP contribution in [-0.4, -0.2) is 74.6 Å². The second kappa shape index (κ2) is 7.80. The van der Waals surface area contributed by atoms with Gasteiger partial charge in [-0.3, -0.25) is 9.69 Å². The second-order valence-electron chi connectivity index (χ2n) is 8.07. The first-order valence-electron chi connectivity index (χ1n) is 9.78. The second-order valence-corrected chi connectivity index (χ2v) is 9.70. The number of hydrogen-bond donors (Lipinski definition) is 5. The predicted molar refractivity (Wildman–Crippen MR) is 113 cm³/mol. The molecular formula is C20H25N3O5S2. The molecule has 0 saturated carbocycles. The van der Waals surface area contributed by atoms with Crippen molar-refractivity contribution in [2.75, 3.05) is 19.1 Å². The highest BCUT2D eigenvalue weighted by molar-refractivity contribution is 8.01. The highest BCUT2D eigenvalue weighted by Gasteiger charge is 2.59. The molecule has 10 heteroatoms. The average Bonchev–Trinajstić information content (AvgIpc) is 3.10. The van der Waals surface area contributed by atoms with Gasteiger partial charge in [-0.15, -0.1) is 23.5 Å². The van der Waals surface area contributed by atoms with Crippen LogP contribution in [0.25, 0.3) is 0 Å². The number of aliphatic hydroxyl groups excluding tert-OH is 1. The van der Waals surface area contributed by atoms with E-state index < -0.39 is 36.1 Å². The Morgan fingerprint density at radius 1 is 1.23 bits per heavy atom. The number of aliphatic carboxylic acids is 1. The zero-order valence-electron chi connectivity index (χ0n) is 16.9. The molecule has 4 rings (SSSR count). The molecule has 3 aliphatic rings. The molecule has 0 aromatic heterocycles. The Morgan fingerprint density at radius 3 is 2.33 bits per heavy atom. The van der Waals surface area contributed by atoms with Gasteiger partial charge in [0.15, 0.2) is 0 Å². The number of phenolic OH excluding ortho intramolecular Hbond substituents is 2. The Morgan fingerprint density at radius 2 is 1.83 bits per heavy atom. The smallest absolute Gasteiger partial charge is 0.308 e. The van der Waals surface area contributed by atoms with Crippen LogP contribution in [0.1, 0.15) is 36.4 Å². The molecule has 1 aromatic carbocycles. The number of aromatic hydroxyl groups is 2. The number of fused-ring (bicyclic) bond motifs is 5. The van der Waals surface area contributed by atoms with E-state index in [1.807, 2.05) is 24.3 Å². The first kappa shape index (κ1) is 21.6. The summed E-state index contributed by atoms with van der Waals surface area (Å²) in [5.74, 6) is -1.86. The molecular weight excluding hydrogens is 426 g/mol. The van der Waals surface area contributed by atoms with Crippen molar-refractivity contribution >= 4 is 29.5 Å². The molecule has 8 nitrogen and oxygen atoms in total. The van der Waals surface area contributed by atoms with Crippen LogP contribution >= 0.6 is 23.5 Å². The molecule has 0 spiro atoms. The number of carboxylic acids is 1. The zero-order valence-corrected chi connectivity index (χ0v) is 18.5. The summed E-state index contributed by atoms with van der Waals surface area (Å²) < 4.78 is 0. The molecule has 3 aliphatic heterocycles. The van der Waals surface area contributed by atoms with E-state index in [1.165, 1.54) is 23.5 Å². The van der Waals surface area contributed by atoms with Crippen molar-refractivity contribution in [1.82, 2.24) is 10.2 Å². The number of rotatable bonds is 4. The molecule has 2 unspecified atom stereocenters. The number of nitrogens with one attached hydrogen (secondary N) is 1. The van der Waals surface area contributed by atoms with Crippen LogP contribution < -0.4 is 5.32 Å². The van der Waals surface area contributed by atoms with Gasteiger partial charge in [0.1, 0.15) is 17.5 Å². The third-order valence-corrected chi connectivity index (χ3v) is 8.63. The fraction of sp³-hybridized carbons (Fsp3) is 0.600. The fourth-order valence-electron chi connectivity index (χ4n) is 5.77. The maximum Gasteiger partial charge on any atom is 0.308 e. The minimum absolute atomic E-state index is 0.0151. The standard InChI is InChI=1S/C20H25N3O5S2/c1-7-12-13(17(26)19(30-3)18(29-2)16(12)25)11(6-24)23-10(5-21)9-4-8(20(27)28)14(22-9)15(7)23/h7-11,14-15,22,24-26H,4,6H2,1-3H3,(H,27,28)/t7?,8-,9+,10?,11+,14-,15+/m1/s1. The number of carbonyl (C=O) groups is 1. The lowest BCUT2D eigenvalue weighted by atomic mass is 9.74. The Kier molecular flexibility index (Phi) is 5.61. The van der Waals surface area contributed by atoms with Crippen molar-refractivity contribution in [3.8, 4) is 17.6 Å². The van der Waals surface area contributed by atoms with Gasteiger partial charge in [-0.1, -0.05) is 6.92 Å². The highest BCUT2D eigenvalue weighted by Crippen LogP contribution is 2.57. The number of aliphatic hydroxyl groups is 1. The van der Waals surface area contributed by atoms with Crippen LogP contribution in [0.5, 0.6) is 11.5 Å². The molecule has 1 aromatic rings. The van der Waals surface area contributed by atoms with Crippen molar-refractivity contribution in [1.29, 1.82) is 5.26 Å². The molecule has 2 bridgehead atoms. The summed E-state index contributed by atoms with van der Waals surface area (Å²) in [6, 6.07) is -0.235. The number of benzene rings is 1. The van der Waals surface area contributed by atoms with Gasteiger partial charge in [-0.05, 0) is 18.9 Å². The molecule has 30 heavy (non-hydrogen) atoms.